The molecule has 3 rings (SSSR count). The number of benzene rings is 2. The van der Waals surface area contributed by atoms with E-state index in [-0.39, 0.29) is 6.04 Å². The molecule has 1 aliphatic heterocycles. The number of nitrogens with zero attached hydrogens (tertiary/aromatic N) is 1. The maximum atomic E-state index is 11.1. The van der Waals surface area contributed by atoms with E-state index in [1.807, 2.05) is 35.2 Å². The minimum Gasteiger partial charge on any atom is -0.494 e. The van der Waals surface area contributed by atoms with Gasteiger partial charge < -0.3 is 9.84 Å². The second-order valence-electron chi connectivity index (χ2n) is 6.12. The molecule has 0 spiro atoms. The molecule has 126 valence electrons. The van der Waals surface area contributed by atoms with Crippen molar-refractivity contribution in [2.24, 2.45) is 0 Å². The number of hydrogen-bond acceptors (Lipinski definition) is 3. The van der Waals surface area contributed by atoms with Gasteiger partial charge in [-0.15, -0.1) is 0 Å². The second kappa shape index (κ2) is 7.97. The van der Waals surface area contributed by atoms with Crippen molar-refractivity contribution in [3.63, 3.8) is 0 Å². The second-order valence-corrected chi connectivity index (χ2v) is 6.12. The molecule has 4 heteroatoms. The molecule has 1 fully saturated rings. The van der Waals surface area contributed by atoms with Crippen molar-refractivity contribution in [3.05, 3.63) is 54.6 Å². The van der Waals surface area contributed by atoms with Gasteiger partial charge in [-0.3, -0.25) is 9.69 Å². The Labute approximate surface area is 142 Å². The van der Waals surface area contributed by atoms with Gasteiger partial charge in [0.15, 0.2) is 0 Å². The lowest BCUT2D eigenvalue weighted by Gasteiger charge is -2.20. The van der Waals surface area contributed by atoms with Gasteiger partial charge in [0, 0.05) is 6.54 Å². The first kappa shape index (κ1) is 16.5. The van der Waals surface area contributed by atoms with Crippen LogP contribution in [0.25, 0.3) is 11.1 Å². The van der Waals surface area contributed by atoms with E-state index >= 15 is 0 Å². The molecular formula is C20H23NO3. The van der Waals surface area contributed by atoms with Gasteiger partial charge >= 0.3 is 5.97 Å². The Balaban J connectivity index is 1.45. The van der Waals surface area contributed by atoms with Crippen molar-refractivity contribution < 1.29 is 14.6 Å². The minimum absolute atomic E-state index is 0.310. The number of hydrogen-bond donors (Lipinski definition) is 1. The van der Waals surface area contributed by atoms with Crippen LogP contribution in [0.15, 0.2) is 54.6 Å². The van der Waals surface area contributed by atoms with Gasteiger partial charge in [0.25, 0.3) is 0 Å². The van der Waals surface area contributed by atoms with E-state index in [2.05, 4.69) is 24.3 Å². The van der Waals surface area contributed by atoms with Gasteiger partial charge in [0.1, 0.15) is 11.8 Å². The number of carboxylic acid groups (broad SMARTS) is 1. The molecule has 2 aromatic rings. The van der Waals surface area contributed by atoms with Crippen LogP contribution in [0.5, 0.6) is 5.75 Å². The molecule has 24 heavy (non-hydrogen) atoms. The van der Waals surface area contributed by atoms with Crippen LogP contribution >= 0.6 is 0 Å². The molecule has 0 bridgehead atoms. The Bertz CT molecular complexity index is 654. The van der Waals surface area contributed by atoms with Gasteiger partial charge in [-0.05, 0) is 49.1 Å². The highest BCUT2D eigenvalue weighted by Gasteiger charge is 2.29. The van der Waals surface area contributed by atoms with Crippen LogP contribution in [0.1, 0.15) is 19.3 Å². The third kappa shape index (κ3) is 4.15. The minimum atomic E-state index is -0.704. The first-order valence-corrected chi connectivity index (χ1v) is 8.49. The van der Waals surface area contributed by atoms with E-state index in [4.69, 9.17) is 9.84 Å². The Kier molecular flexibility index (Phi) is 5.49. The molecular weight excluding hydrogens is 302 g/mol. The van der Waals surface area contributed by atoms with Crippen molar-refractivity contribution in [1.82, 2.24) is 4.90 Å². The number of rotatable bonds is 7. The zero-order chi connectivity index (χ0) is 16.8. The van der Waals surface area contributed by atoms with Crippen LogP contribution in [0.4, 0.5) is 0 Å². The predicted molar refractivity (Wildman–Crippen MR) is 94.2 cm³/mol. The van der Waals surface area contributed by atoms with E-state index in [1.165, 1.54) is 11.1 Å². The molecule has 0 saturated carbocycles. The summed E-state index contributed by atoms with van der Waals surface area (Å²) in [5.41, 5.74) is 2.36. The molecule has 0 aromatic heterocycles. The van der Waals surface area contributed by atoms with E-state index in [0.29, 0.717) is 6.61 Å². The van der Waals surface area contributed by atoms with Gasteiger partial charge in [0.2, 0.25) is 0 Å². The third-order valence-electron chi connectivity index (χ3n) is 4.47. The number of ether oxygens (including phenoxy) is 1. The third-order valence-corrected chi connectivity index (χ3v) is 4.47. The summed E-state index contributed by atoms with van der Waals surface area (Å²) in [6, 6.07) is 18.0. The summed E-state index contributed by atoms with van der Waals surface area (Å²) in [6.07, 6.45) is 2.57. The standard InChI is InChI=1S/C20H23NO3/c22-20(23)19-8-4-13-21(19)14-5-15-24-18-11-9-17(10-12-18)16-6-2-1-3-7-16/h1-3,6-7,9-12,19H,4-5,8,13-15H2,(H,22,23). The molecule has 1 heterocycles. The Morgan fingerprint density at radius 2 is 1.79 bits per heavy atom. The van der Waals surface area contributed by atoms with E-state index in [0.717, 1.165) is 38.1 Å². The Morgan fingerprint density at radius 1 is 1.08 bits per heavy atom. The van der Waals surface area contributed by atoms with Crippen LogP contribution in [0, 0.1) is 0 Å². The number of likely N-dealkylation sites (tertiary alicyclic amines) is 1. The van der Waals surface area contributed by atoms with Crippen molar-refractivity contribution in [3.8, 4) is 16.9 Å². The smallest absolute Gasteiger partial charge is 0.320 e. The molecule has 1 unspecified atom stereocenters. The topological polar surface area (TPSA) is 49.8 Å². The lowest BCUT2D eigenvalue weighted by molar-refractivity contribution is -0.142. The fourth-order valence-electron chi connectivity index (χ4n) is 3.21. The van der Waals surface area contributed by atoms with Gasteiger partial charge in [0.05, 0.1) is 6.61 Å². The highest BCUT2D eigenvalue weighted by Crippen LogP contribution is 2.22. The molecule has 0 amide bonds. The average Bonchev–Trinajstić information content (AvgIpc) is 3.09. The predicted octanol–water partition coefficient (Wildman–Crippen LogP) is 3.67. The summed E-state index contributed by atoms with van der Waals surface area (Å²) >= 11 is 0. The fourth-order valence-corrected chi connectivity index (χ4v) is 3.21. The zero-order valence-electron chi connectivity index (χ0n) is 13.7. The summed E-state index contributed by atoms with van der Waals surface area (Å²) in [4.78, 5) is 13.2. The normalized spacial score (nSPS) is 17.8. The molecule has 1 N–H and O–H groups in total. The van der Waals surface area contributed by atoms with E-state index in [1.54, 1.807) is 0 Å². The number of carboxylic acids is 1. The monoisotopic (exact) mass is 325 g/mol. The highest BCUT2D eigenvalue weighted by molar-refractivity contribution is 5.73. The largest absolute Gasteiger partial charge is 0.494 e. The zero-order valence-corrected chi connectivity index (χ0v) is 13.7. The quantitative estimate of drug-likeness (QED) is 0.789. The highest BCUT2D eigenvalue weighted by atomic mass is 16.5. The average molecular weight is 325 g/mol. The van der Waals surface area contributed by atoms with Crippen molar-refractivity contribution in [1.29, 1.82) is 0 Å². The van der Waals surface area contributed by atoms with Crippen LogP contribution in [-0.2, 0) is 4.79 Å². The molecule has 1 atom stereocenters. The first-order chi connectivity index (χ1) is 11.7. The molecule has 4 nitrogen and oxygen atoms in total. The van der Waals surface area contributed by atoms with Gasteiger partial charge in [-0.1, -0.05) is 42.5 Å². The SMILES string of the molecule is O=C(O)C1CCCN1CCCOc1ccc(-c2ccccc2)cc1. The maximum Gasteiger partial charge on any atom is 0.320 e. The lowest BCUT2D eigenvalue weighted by atomic mass is 10.1. The van der Waals surface area contributed by atoms with Crippen LogP contribution in [0.3, 0.4) is 0 Å². The molecule has 0 aliphatic carbocycles. The van der Waals surface area contributed by atoms with Gasteiger partial charge in [-0.2, -0.15) is 0 Å². The lowest BCUT2D eigenvalue weighted by Crippen LogP contribution is -2.36. The summed E-state index contributed by atoms with van der Waals surface area (Å²) in [7, 11) is 0. The van der Waals surface area contributed by atoms with Crippen molar-refractivity contribution in [2.75, 3.05) is 19.7 Å². The molecule has 1 saturated heterocycles. The van der Waals surface area contributed by atoms with Gasteiger partial charge in [-0.25, -0.2) is 0 Å². The van der Waals surface area contributed by atoms with Crippen molar-refractivity contribution in [2.45, 2.75) is 25.3 Å². The van der Waals surface area contributed by atoms with E-state index in [9.17, 15) is 4.79 Å². The Morgan fingerprint density at radius 3 is 2.50 bits per heavy atom. The fraction of sp³-hybridized carbons (Fsp3) is 0.350. The van der Waals surface area contributed by atoms with E-state index < -0.39 is 5.97 Å². The summed E-state index contributed by atoms with van der Waals surface area (Å²) in [5.74, 6) is 0.149. The van der Waals surface area contributed by atoms with Crippen LogP contribution < -0.4 is 4.74 Å². The summed E-state index contributed by atoms with van der Waals surface area (Å²) in [6.45, 7) is 2.26. The number of aliphatic carboxylic acids is 1. The summed E-state index contributed by atoms with van der Waals surface area (Å²) < 4.78 is 5.78. The molecule has 0 radical (unpaired) electrons. The molecule has 1 aliphatic rings. The van der Waals surface area contributed by atoms with Crippen molar-refractivity contribution >= 4 is 5.97 Å². The van der Waals surface area contributed by atoms with Crippen LogP contribution in [-0.4, -0.2) is 41.7 Å². The van der Waals surface area contributed by atoms with Crippen LogP contribution in [0.2, 0.25) is 0 Å². The number of carbonyl (C=O) groups is 1. The summed E-state index contributed by atoms with van der Waals surface area (Å²) in [5, 5.41) is 9.17. The maximum absolute atomic E-state index is 11.1. The molecule has 2 aromatic carbocycles. The Hall–Kier alpha value is -2.33. The first-order valence-electron chi connectivity index (χ1n) is 8.49.